The van der Waals surface area contributed by atoms with Crippen molar-refractivity contribution in [3.05, 3.63) is 59.2 Å². The molecule has 2 N–H and O–H groups in total. The van der Waals surface area contributed by atoms with Crippen LogP contribution >= 0.6 is 0 Å². The number of hydrogen-bond donors (Lipinski definition) is 2. The highest BCUT2D eigenvalue weighted by Crippen LogP contribution is 2.32. The van der Waals surface area contributed by atoms with Gasteiger partial charge in [0.25, 0.3) is 0 Å². The van der Waals surface area contributed by atoms with Gasteiger partial charge in [0.15, 0.2) is 11.5 Å². The molecule has 0 amide bonds. The van der Waals surface area contributed by atoms with Crippen molar-refractivity contribution < 1.29 is 29.3 Å². The van der Waals surface area contributed by atoms with Gasteiger partial charge in [-0.2, -0.15) is 0 Å². The van der Waals surface area contributed by atoms with E-state index in [0.29, 0.717) is 5.75 Å². The van der Waals surface area contributed by atoms with Crippen LogP contribution < -0.4 is 9.47 Å². The monoisotopic (exact) mass is 316 g/mol. The standard InChI is InChI=1S/C17H16O6/c1-22-14-9-13(17(20)21)12(8-16(18)19)7-15(14)23-10-11-5-3-2-4-6-11/h2-7,9H,8,10H2,1H3,(H,18,19)(H,20,21). The van der Waals surface area contributed by atoms with Crippen LogP contribution in [0.2, 0.25) is 0 Å². The minimum Gasteiger partial charge on any atom is -0.493 e. The highest BCUT2D eigenvalue weighted by Gasteiger charge is 2.18. The molecule has 0 unspecified atom stereocenters. The van der Waals surface area contributed by atoms with Gasteiger partial charge in [-0.1, -0.05) is 30.3 Å². The number of benzene rings is 2. The van der Waals surface area contributed by atoms with Crippen molar-refractivity contribution in [2.45, 2.75) is 13.0 Å². The van der Waals surface area contributed by atoms with E-state index in [2.05, 4.69) is 0 Å². The first-order valence-corrected chi connectivity index (χ1v) is 6.84. The van der Waals surface area contributed by atoms with Crippen molar-refractivity contribution in [3.8, 4) is 11.5 Å². The quantitative estimate of drug-likeness (QED) is 0.815. The van der Waals surface area contributed by atoms with Crippen molar-refractivity contribution >= 4 is 11.9 Å². The first-order valence-electron chi connectivity index (χ1n) is 6.84. The minimum atomic E-state index is -1.21. The maximum atomic E-state index is 11.3. The minimum absolute atomic E-state index is 0.115. The zero-order valence-corrected chi connectivity index (χ0v) is 12.5. The molecule has 0 aliphatic carbocycles. The fraction of sp³-hybridized carbons (Fsp3) is 0.176. The number of aliphatic carboxylic acids is 1. The van der Waals surface area contributed by atoms with Gasteiger partial charge in [-0.15, -0.1) is 0 Å². The van der Waals surface area contributed by atoms with Crippen LogP contribution in [0.3, 0.4) is 0 Å². The van der Waals surface area contributed by atoms with Gasteiger partial charge < -0.3 is 19.7 Å². The Kier molecular flexibility index (Phi) is 5.19. The predicted octanol–water partition coefficient (Wildman–Crippen LogP) is 2.60. The van der Waals surface area contributed by atoms with Crippen LogP contribution in [0.1, 0.15) is 21.5 Å². The van der Waals surface area contributed by atoms with Crippen LogP contribution in [0.5, 0.6) is 11.5 Å². The average Bonchev–Trinajstić information content (AvgIpc) is 2.53. The number of hydrogen-bond acceptors (Lipinski definition) is 4. The normalized spacial score (nSPS) is 10.1. The largest absolute Gasteiger partial charge is 0.493 e. The number of carboxylic acid groups (broad SMARTS) is 2. The SMILES string of the molecule is COc1cc(C(=O)O)c(CC(=O)O)cc1OCc1ccccc1. The zero-order chi connectivity index (χ0) is 16.8. The number of ether oxygens (including phenoxy) is 2. The molecule has 0 atom stereocenters. The van der Waals surface area contributed by atoms with Gasteiger partial charge in [-0.05, 0) is 23.3 Å². The molecule has 0 bridgehead atoms. The van der Waals surface area contributed by atoms with Crippen LogP contribution in [-0.4, -0.2) is 29.3 Å². The number of methoxy groups -OCH3 is 1. The van der Waals surface area contributed by atoms with Gasteiger partial charge in [0.05, 0.1) is 19.1 Å². The summed E-state index contributed by atoms with van der Waals surface area (Å²) in [4.78, 5) is 22.2. The Labute approximate surface area is 132 Å². The molecule has 6 nitrogen and oxygen atoms in total. The van der Waals surface area contributed by atoms with Crippen LogP contribution in [-0.2, 0) is 17.8 Å². The summed E-state index contributed by atoms with van der Waals surface area (Å²) in [6, 6.07) is 12.1. The van der Waals surface area contributed by atoms with Crippen LogP contribution in [0.4, 0.5) is 0 Å². The summed E-state index contributed by atoms with van der Waals surface area (Å²) >= 11 is 0. The second-order valence-electron chi connectivity index (χ2n) is 4.81. The summed E-state index contributed by atoms with van der Waals surface area (Å²) in [5.41, 5.74) is 0.974. The highest BCUT2D eigenvalue weighted by molar-refractivity contribution is 5.92. The topological polar surface area (TPSA) is 93.1 Å². The molecular formula is C17H16O6. The fourth-order valence-electron chi connectivity index (χ4n) is 2.12. The van der Waals surface area contributed by atoms with E-state index in [-0.39, 0.29) is 23.5 Å². The Balaban J connectivity index is 2.33. The first kappa shape index (κ1) is 16.4. The van der Waals surface area contributed by atoms with Crippen molar-refractivity contribution in [1.29, 1.82) is 0 Å². The van der Waals surface area contributed by atoms with E-state index in [0.717, 1.165) is 5.56 Å². The zero-order valence-electron chi connectivity index (χ0n) is 12.5. The molecule has 0 radical (unpaired) electrons. The second kappa shape index (κ2) is 7.31. The fourth-order valence-corrected chi connectivity index (χ4v) is 2.12. The lowest BCUT2D eigenvalue weighted by molar-refractivity contribution is -0.136. The van der Waals surface area contributed by atoms with Crippen molar-refractivity contribution in [2.75, 3.05) is 7.11 Å². The molecule has 6 heteroatoms. The van der Waals surface area contributed by atoms with E-state index in [1.54, 1.807) is 0 Å². The third kappa shape index (κ3) is 4.23. The lowest BCUT2D eigenvalue weighted by atomic mass is 10.0. The summed E-state index contributed by atoms with van der Waals surface area (Å²) in [5.74, 6) is -1.79. The van der Waals surface area contributed by atoms with Gasteiger partial charge in [0, 0.05) is 0 Å². The molecule has 0 aliphatic rings. The molecule has 0 heterocycles. The predicted molar refractivity (Wildman–Crippen MR) is 82.1 cm³/mol. The number of aromatic carboxylic acids is 1. The van der Waals surface area contributed by atoms with Crippen LogP contribution in [0.15, 0.2) is 42.5 Å². The van der Waals surface area contributed by atoms with E-state index >= 15 is 0 Å². The molecule has 2 aromatic rings. The smallest absolute Gasteiger partial charge is 0.336 e. The molecule has 0 aliphatic heterocycles. The summed E-state index contributed by atoms with van der Waals surface area (Å²) in [6.07, 6.45) is -0.409. The van der Waals surface area contributed by atoms with Gasteiger partial charge in [-0.3, -0.25) is 4.79 Å². The van der Waals surface area contributed by atoms with E-state index in [1.807, 2.05) is 30.3 Å². The van der Waals surface area contributed by atoms with Gasteiger partial charge in [0.1, 0.15) is 6.61 Å². The molecule has 0 saturated carbocycles. The maximum absolute atomic E-state index is 11.3. The van der Waals surface area contributed by atoms with E-state index in [9.17, 15) is 14.7 Å². The molecule has 23 heavy (non-hydrogen) atoms. The Bertz CT molecular complexity index is 709. The number of carbonyl (C=O) groups is 2. The lowest BCUT2D eigenvalue weighted by Gasteiger charge is -2.14. The van der Waals surface area contributed by atoms with Gasteiger partial charge >= 0.3 is 11.9 Å². The third-order valence-electron chi connectivity index (χ3n) is 3.20. The Morgan fingerprint density at radius 1 is 1.04 bits per heavy atom. The van der Waals surface area contributed by atoms with Gasteiger partial charge in [0.2, 0.25) is 0 Å². The molecule has 0 aromatic heterocycles. The van der Waals surface area contributed by atoms with Crippen molar-refractivity contribution in [2.24, 2.45) is 0 Å². The van der Waals surface area contributed by atoms with Crippen LogP contribution in [0, 0.1) is 0 Å². The van der Waals surface area contributed by atoms with Gasteiger partial charge in [-0.25, -0.2) is 4.79 Å². The molecule has 120 valence electrons. The van der Waals surface area contributed by atoms with Crippen molar-refractivity contribution in [3.63, 3.8) is 0 Å². The average molecular weight is 316 g/mol. The Morgan fingerprint density at radius 2 is 1.74 bits per heavy atom. The number of carboxylic acids is 2. The number of rotatable bonds is 7. The Hall–Kier alpha value is -3.02. The summed E-state index contributed by atoms with van der Waals surface area (Å²) < 4.78 is 10.8. The molecule has 0 spiro atoms. The summed E-state index contributed by atoms with van der Waals surface area (Å²) in [7, 11) is 1.40. The maximum Gasteiger partial charge on any atom is 0.336 e. The Morgan fingerprint density at radius 3 is 2.30 bits per heavy atom. The highest BCUT2D eigenvalue weighted by atomic mass is 16.5. The van der Waals surface area contributed by atoms with E-state index in [1.165, 1.54) is 19.2 Å². The molecule has 2 rings (SSSR count). The van der Waals surface area contributed by atoms with Crippen LogP contribution in [0.25, 0.3) is 0 Å². The molecule has 0 fully saturated rings. The van der Waals surface area contributed by atoms with E-state index < -0.39 is 18.4 Å². The molecule has 2 aromatic carbocycles. The summed E-state index contributed by atoms with van der Waals surface area (Å²) in [6.45, 7) is 0.260. The third-order valence-corrected chi connectivity index (χ3v) is 3.20. The first-order chi connectivity index (χ1) is 11.0. The molecular weight excluding hydrogens is 300 g/mol. The van der Waals surface area contributed by atoms with Crippen molar-refractivity contribution in [1.82, 2.24) is 0 Å². The lowest BCUT2D eigenvalue weighted by Crippen LogP contribution is -2.09. The summed E-state index contributed by atoms with van der Waals surface area (Å²) in [5, 5.41) is 18.1. The second-order valence-corrected chi connectivity index (χ2v) is 4.81. The molecule has 0 saturated heterocycles. The van der Waals surface area contributed by atoms with E-state index in [4.69, 9.17) is 14.6 Å².